The van der Waals surface area contributed by atoms with Crippen LogP contribution in [0.2, 0.25) is 0 Å². The number of benzene rings is 1. The van der Waals surface area contributed by atoms with Crippen molar-refractivity contribution in [3.63, 3.8) is 0 Å². The molecule has 0 unspecified atom stereocenters. The van der Waals surface area contributed by atoms with Crippen LogP contribution in [0.3, 0.4) is 0 Å². The third kappa shape index (κ3) is 2.55. The van der Waals surface area contributed by atoms with E-state index >= 15 is 0 Å². The van der Waals surface area contributed by atoms with Crippen molar-refractivity contribution in [3.05, 3.63) is 28.7 Å². The van der Waals surface area contributed by atoms with Gasteiger partial charge in [-0.25, -0.2) is 13.2 Å². The number of aryl methyl sites for hydroxylation is 1. The van der Waals surface area contributed by atoms with Gasteiger partial charge in [-0.1, -0.05) is 12.8 Å². The van der Waals surface area contributed by atoms with Crippen LogP contribution >= 0.6 is 0 Å². The number of hydrogen-bond donors (Lipinski definition) is 2. The van der Waals surface area contributed by atoms with Crippen molar-refractivity contribution < 1.29 is 17.6 Å². The summed E-state index contributed by atoms with van der Waals surface area (Å²) in [4.78, 5) is 23.1. The first kappa shape index (κ1) is 15.8. The molecule has 1 saturated carbocycles. The molecule has 124 valence electrons. The Balaban J connectivity index is 2.02. The standard InChI is InChI=1S/C14H17N3O5S/c1-17-10-5-4-9(8-11(10)22-13(17)19)23(20,21)16-14(12(15)18)6-2-3-7-14/h4-5,8,16H,2-3,6-7H2,1H3,(H2,15,18). The number of amides is 1. The van der Waals surface area contributed by atoms with Gasteiger partial charge in [-0.2, -0.15) is 4.72 Å². The number of aromatic nitrogens is 1. The van der Waals surface area contributed by atoms with Gasteiger partial charge in [-0.05, 0) is 25.0 Å². The van der Waals surface area contributed by atoms with E-state index in [1.165, 1.54) is 29.8 Å². The summed E-state index contributed by atoms with van der Waals surface area (Å²) in [6.07, 6.45) is 2.23. The number of fused-ring (bicyclic) bond motifs is 1. The molecule has 0 bridgehead atoms. The van der Waals surface area contributed by atoms with Gasteiger partial charge in [-0.3, -0.25) is 9.36 Å². The number of nitrogens with one attached hydrogen (secondary N) is 1. The first-order valence-electron chi connectivity index (χ1n) is 7.19. The second kappa shape index (κ2) is 5.20. The lowest BCUT2D eigenvalue weighted by molar-refractivity contribution is -0.123. The van der Waals surface area contributed by atoms with Crippen LogP contribution in [-0.4, -0.2) is 24.4 Å². The van der Waals surface area contributed by atoms with Gasteiger partial charge < -0.3 is 10.2 Å². The molecule has 1 aliphatic rings. The lowest BCUT2D eigenvalue weighted by atomic mass is 9.99. The Morgan fingerprint density at radius 3 is 2.61 bits per heavy atom. The van der Waals surface area contributed by atoms with Gasteiger partial charge >= 0.3 is 5.76 Å². The number of oxazole rings is 1. The van der Waals surface area contributed by atoms with Crippen molar-refractivity contribution in [1.82, 2.24) is 9.29 Å². The molecule has 1 fully saturated rings. The van der Waals surface area contributed by atoms with Crippen LogP contribution < -0.4 is 16.2 Å². The molecule has 0 atom stereocenters. The van der Waals surface area contributed by atoms with Gasteiger partial charge in [0.25, 0.3) is 0 Å². The van der Waals surface area contributed by atoms with Gasteiger partial charge in [0.1, 0.15) is 5.54 Å². The zero-order valence-corrected chi connectivity index (χ0v) is 13.4. The molecule has 1 heterocycles. The van der Waals surface area contributed by atoms with Crippen LogP contribution in [0, 0.1) is 0 Å². The van der Waals surface area contributed by atoms with Gasteiger partial charge in [-0.15, -0.1) is 0 Å². The fourth-order valence-electron chi connectivity index (χ4n) is 2.97. The second-order valence-corrected chi connectivity index (χ2v) is 7.50. The van der Waals surface area contributed by atoms with Crippen LogP contribution in [0.15, 0.2) is 32.3 Å². The summed E-state index contributed by atoms with van der Waals surface area (Å²) in [5, 5.41) is 0. The van der Waals surface area contributed by atoms with Crippen LogP contribution in [0.1, 0.15) is 25.7 Å². The number of primary amides is 1. The number of nitrogens with two attached hydrogens (primary N) is 1. The van der Waals surface area contributed by atoms with E-state index < -0.39 is 27.2 Å². The summed E-state index contributed by atoms with van der Waals surface area (Å²) in [6, 6.07) is 4.12. The number of carbonyl (C=O) groups excluding carboxylic acids is 1. The molecular weight excluding hydrogens is 322 g/mol. The van der Waals surface area contributed by atoms with Crippen molar-refractivity contribution in [3.8, 4) is 0 Å². The lowest BCUT2D eigenvalue weighted by Gasteiger charge is -2.26. The molecule has 0 radical (unpaired) electrons. The molecular formula is C14H17N3O5S. The Bertz CT molecular complexity index is 935. The molecule has 0 aliphatic heterocycles. The number of carbonyl (C=O) groups is 1. The molecule has 3 N–H and O–H groups in total. The second-order valence-electron chi connectivity index (χ2n) is 5.82. The molecule has 0 saturated heterocycles. The molecule has 1 aromatic carbocycles. The summed E-state index contributed by atoms with van der Waals surface area (Å²) < 4.78 is 33.9. The topological polar surface area (TPSA) is 124 Å². The smallest absolute Gasteiger partial charge is 0.408 e. The summed E-state index contributed by atoms with van der Waals surface area (Å²) >= 11 is 0. The Kier molecular flexibility index (Phi) is 3.56. The van der Waals surface area contributed by atoms with Crippen LogP contribution in [0.5, 0.6) is 0 Å². The van der Waals surface area contributed by atoms with E-state index in [1.54, 1.807) is 0 Å². The monoisotopic (exact) mass is 339 g/mol. The minimum atomic E-state index is -3.96. The predicted molar refractivity (Wildman–Crippen MR) is 82.2 cm³/mol. The highest BCUT2D eigenvalue weighted by Gasteiger charge is 2.43. The van der Waals surface area contributed by atoms with E-state index in [0.29, 0.717) is 18.4 Å². The maximum atomic E-state index is 12.6. The molecule has 1 amide bonds. The highest BCUT2D eigenvalue weighted by molar-refractivity contribution is 7.89. The summed E-state index contributed by atoms with van der Waals surface area (Å²) in [7, 11) is -2.44. The van der Waals surface area contributed by atoms with E-state index in [1.807, 2.05) is 0 Å². The zero-order chi connectivity index (χ0) is 16.8. The van der Waals surface area contributed by atoms with Crippen molar-refractivity contribution >= 4 is 27.0 Å². The van der Waals surface area contributed by atoms with E-state index in [9.17, 15) is 18.0 Å². The Morgan fingerprint density at radius 2 is 2.00 bits per heavy atom. The average molecular weight is 339 g/mol. The molecule has 0 spiro atoms. The van der Waals surface area contributed by atoms with E-state index in [2.05, 4.69) is 4.72 Å². The number of hydrogen-bond acceptors (Lipinski definition) is 5. The van der Waals surface area contributed by atoms with Crippen molar-refractivity contribution in [2.24, 2.45) is 12.8 Å². The molecule has 1 aromatic heterocycles. The van der Waals surface area contributed by atoms with E-state index in [-0.39, 0.29) is 10.5 Å². The predicted octanol–water partition coefficient (Wildman–Crippen LogP) is 0.208. The first-order chi connectivity index (χ1) is 10.8. The molecule has 3 rings (SSSR count). The van der Waals surface area contributed by atoms with E-state index in [4.69, 9.17) is 10.2 Å². The Morgan fingerprint density at radius 1 is 1.35 bits per heavy atom. The van der Waals surface area contributed by atoms with Crippen LogP contribution in [-0.2, 0) is 21.9 Å². The van der Waals surface area contributed by atoms with Gasteiger partial charge in [0.15, 0.2) is 5.58 Å². The van der Waals surface area contributed by atoms with Crippen LogP contribution in [0.25, 0.3) is 11.1 Å². The average Bonchev–Trinajstić information content (AvgIpc) is 3.05. The minimum Gasteiger partial charge on any atom is -0.408 e. The summed E-state index contributed by atoms with van der Waals surface area (Å²) in [6.45, 7) is 0. The third-order valence-electron chi connectivity index (χ3n) is 4.33. The SMILES string of the molecule is Cn1c(=O)oc2cc(S(=O)(=O)NC3(C(N)=O)CCCC3)ccc21. The highest BCUT2D eigenvalue weighted by Crippen LogP contribution is 2.31. The summed E-state index contributed by atoms with van der Waals surface area (Å²) in [5.41, 5.74) is 4.81. The van der Waals surface area contributed by atoms with Gasteiger partial charge in [0, 0.05) is 13.1 Å². The largest absolute Gasteiger partial charge is 0.419 e. The molecule has 23 heavy (non-hydrogen) atoms. The maximum absolute atomic E-state index is 12.6. The molecule has 2 aromatic rings. The van der Waals surface area contributed by atoms with Gasteiger partial charge in [0.05, 0.1) is 10.4 Å². The summed E-state index contributed by atoms with van der Waals surface area (Å²) in [5.74, 6) is -1.25. The Labute approximate surface area is 132 Å². The highest BCUT2D eigenvalue weighted by atomic mass is 32.2. The van der Waals surface area contributed by atoms with E-state index in [0.717, 1.165) is 12.8 Å². The molecule has 8 nitrogen and oxygen atoms in total. The minimum absolute atomic E-state index is 0.0770. The maximum Gasteiger partial charge on any atom is 0.419 e. The zero-order valence-electron chi connectivity index (χ0n) is 12.5. The quantitative estimate of drug-likeness (QED) is 0.824. The normalized spacial score (nSPS) is 17.6. The lowest BCUT2D eigenvalue weighted by Crippen LogP contribution is -2.55. The Hall–Kier alpha value is -2.13. The van der Waals surface area contributed by atoms with Gasteiger partial charge in [0.2, 0.25) is 15.9 Å². The van der Waals surface area contributed by atoms with Crippen molar-refractivity contribution in [1.29, 1.82) is 0 Å². The fourth-order valence-corrected chi connectivity index (χ4v) is 4.42. The fraction of sp³-hybridized carbons (Fsp3) is 0.429. The molecule has 1 aliphatic carbocycles. The number of nitrogens with zero attached hydrogens (tertiary/aromatic N) is 1. The third-order valence-corrected chi connectivity index (χ3v) is 5.87. The number of rotatable bonds is 4. The first-order valence-corrected chi connectivity index (χ1v) is 8.67. The van der Waals surface area contributed by atoms with Crippen LogP contribution in [0.4, 0.5) is 0 Å². The van der Waals surface area contributed by atoms with Crippen molar-refractivity contribution in [2.75, 3.05) is 0 Å². The van der Waals surface area contributed by atoms with Crippen molar-refractivity contribution in [2.45, 2.75) is 36.1 Å². The number of sulfonamides is 1. The molecule has 9 heteroatoms.